The Kier molecular flexibility index (Phi) is 4.42. The van der Waals surface area contributed by atoms with Gasteiger partial charge in [0.15, 0.2) is 0 Å². The number of aromatic nitrogens is 2. The third kappa shape index (κ3) is 3.07. The van der Waals surface area contributed by atoms with Crippen LogP contribution < -0.4 is 4.72 Å². The molecule has 0 saturated carbocycles. The molecule has 7 nitrogen and oxygen atoms in total. The van der Waals surface area contributed by atoms with E-state index in [1.165, 1.54) is 24.0 Å². The Morgan fingerprint density at radius 1 is 1.12 bits per heavy atom. The Morgan fingerprint density at radius 2 is 1.84 bits per heavy atom. The standard InChI is InChI=1S/C16H14ClN3O4S/c1-18-25(23,24)16-8-10(14(21)9-15(16)22)12-6-7-19-20(12)13-5-3-2-4-11(13)17/h2-9,18,21-22H,1H3. The number of rotatable bonds is 4. The van der Waals surface area contributed by atoms with E-state index in [2.05, 4.69) is 9.82 Å². The molecule has 25 heavy (non-hydrogen) atoms. The molecule has 0 amide bonds. The molecule has 0 saturated heterocycles. The van der Waals surface area contributed by atoms with Gasteiger partial charge in [0.05, 0.1) is 22.6 Å². The van der Waals surface area contributed by atoms with Gasteiger partial charge in [0.1, 0.15) is 16.4 Å². The van der Waals surface area contributed by atoms with E-state index in [-0.39, 0.29) is 16.2 Å². The Balaban J connectivity index is 2.25. The number of hydrogen-bond acceptors (Lipinski definition) is 5. The molecule has 0 spiro atoms. The number of aromatic hydroxyl groups is 2. The number of nitrogens with zero attached hydrogens (tertiary/aromatic N) is 2. The van der Waals surface area contributed by atoms with Gasteiger partial charge in [-0.25, -0.2) is 17.8 Å². The van der Waals surface area contributed by atoms with Crippen molar-refractivity contribution in [1.29, 1.82) is 0 Å². The van der Waals surface area contributed by atoms with Gasteiger partial charge < -0.3 is 10.2 Å². The number of nitrogens with one attached hydrogen (secondary N) is 1. The summed E-state index contributed by atoms with van der Waals surface area (Å²) in [4.78, 5) is -0.352. The summed E-state index contributed by atoms with van der Waals surface area (Å²) < 4.78 is 27.7. The first-order valence-corrected chi connectivity index (χ1v) is 9.00. The van der Waals surface area contributed by atoms with Crippen molar-refractivity contribution in [3.63, 3.8) is 0 Å². The smallest absolute Gasteiger partial charge is 0.244 e. The first kappa shape index (κ1) is 17.3. The number of sulfonamides is 1. The highest BCUT2D eigenvalue weighted by molar-refractivity contribution is 7.89. The minimum absolute atomic E-state index is 0.184. The van der Waals surface area contributed by atoms with E-state index in [4.69, 9.17) is 11.6 Å². The maximum atomic E-state index is 12.1. The summed E-state index contributed by atoms with van der Waals surface area (Å²) in [5, 5.41) is 24.7. The summed E-state index contributed by atoms with van der Waals surface area (Å²) >= 11 is 6.20. The molecule has 0 aliphatic rings. The van der Waals surface area contributed by atoms with Crippen LogP contribution in [0.3, 0.4) is 0 Å². The minimum Gasteiger partial charge on any atom is -0.507 e. The van der Waals surface area contributed by atoms with E-state index in [0.717, 1.165) is 6.07 Å². The topological polar surface area (TPSA) is 104 Å². The van der Waals surface area contributed by atoms with Crippen molar-refractivity contribution in [3.8, 4) is 28.4 Å². The summed E-state index contributed by atoms with van der Waals surface area (Å²) in [7, 11) is -2.68. The second kappa shape index (κ2) is 6.40. The first-order valence-electron chi connectivity index (χ1n) is 7.14. The number of phenols is 2. The van der Waals surface area contributed by atoms with E-state index in [1.807, 2.05) is 0 Å². The average molecular weight is 380 g/mol. The minimum atomic E-state index is -3.91. The van der Waals surface area contributed by atoms with E-state index < -0.39 is 15.8 Å². The van der Waals surface area contributed by atoms with Crippen LogP contribution in [-0.2, 0) is 10.0 Å². The predicted molar refractivity (Wildman–Crippen MR) is 93.6 cm³/mol. The van der Waals surface area contributed by atoms with E-state index in [0.29, 0.717) is 16.4 Å². The largest absolute Gasteiger partial charge is 0.507 e. The van der Waals surface area contributed by atoms with Crippen molar-refractivity contribution >= 4 is 21.6 Å². The van der Waals surface area contributed by atoms with Crippen molar-refractivity contribution in [2.75, 3.05) is 7.05 Å². The molecule has 0 unspecified atom stereocenters. The van der Waals surface area contributed by atoms with Crippen LogP contribution in [-0.4, -0.2) is 35.5 Å². The normalized spacial score (nSPS) is 11.6. The van der Waals surface area contributed by atoms with Crippen LogP contribution in [0.1, 0.15) is 0 Å². The lowest BCUT2D eigenvalue weighted by atomic mass is 10.1. The van der Waals surface area contributed by atoms with Crippen molar-refractivity contribution in [2.45, 2.75) is 4.90 Å². The second-order valence-corrected chi connectivity index (χ2v) is 7.39. The fourth-order valence-electron chi connectivity index (χ4n) is 2.41. The zero-order chi connectivity index (χ0) is 18.2. The van der Waals surface area contributed by atoms with Gasteiger partial charge in [-0.05, 0) is 31.3 Å². The lowest BCUT2D eigenvalue weighted by Gasteiger charge is -2.13. The molecule has 1 aromatic heterocycles. The molecule has 0 aliphatic heterocycles. The molecular formula is C16H14ClN3O4S. The Hall–Kier alpha value is -2.55. The Morgan fingerprint density at radius 3 is 2.52 bits per heavy atom. The fraction of sp³-hybridized carbons (Fsp3) is 0.0625. The molecule has 1 heterocycles. The molecule has 3 rings (SSSR count). The van der Waals surface area contributed by atoms with Gasteiger partial charge in [-0.15, -0.1) is 0 Å². The summed E-state index contributed by atoms with van der Waals surface area (Å²) in [6, 6.07) is 10.7. The lowest BCUT2D eigenvalue weighted by molar-refractivity contribution is 0.440. The van der Waals surface area contributed by atoms with Crippen molar-refractivity contribution < 1.29 is 18.6 Å². The van der Waals surface area contributed by atoms with Gasteiger partial charge in [-0.3, -0.25) is 0 Å². The summed E-state index contributed by atoms with van der Waals surface area (Å²) in [5.41, 5.74) is 1.16. The molecule has 0 fully saturated rings. The number of halogens is 1. The molecule has 2 aromatic carbocycles. The predicted octanol–water partition coefficient (Wildman–Crippen LogP) is 2.51. The van der Waals surface area contributed by atoms with Crippen LogP contribution in [0.4, 0.5) is 0 Å². The van der Waals surface area contributed by atoms with Crippen LogP contribution in [0.2, 0.25) is 5.02 Å². The van der Waals surface area contributed by atoms with Crippen LogP contribution in [0.15, 0.2) is 53.6 Å². The first-order chi connectivity index (χ1) is 11.8. The van der Waals surface area contributed by atoms with Gasteiger partial charge in [-0.2, -0.15) is 5.10 Å². The van der Waals surface area contributed by atoms with E-state index in [1.54, 1.807) is 30.3 Å². The lowest BCUT2D eigenvalue weighted by Crippen LogP contribution is -2.18. The molecule has 0 radical (unpaired) electrons. The second-order valence-electron chi connectivity index (χ2n) is 5.12. The average Bonchev–Trinajstić information content (AvgIpc) is 3.04. The molecule has 0 atom stereocenters. The molecule has 9 heteroatoms. The highest BCUT2D eigenvalue weighted by Crippen LogP contribution is 2.38. The van der Waals surface area contributed by atoms with Gasteiger partial charge in [-0.1, -0.05) is 23.7 Å². The zero-order valence-corrected chi connectivity index (χ0v) is 14.6. The van der Waals surface area contributed by atoms with Crippen LogP contribution in [0.5, 0.6) is 11.5 Å². The molecule has 0 aliphatic carbocycles. The van der Waals surface area contributed by atoms with Crippen molar-refractivity contribution in [3.05, 3.63) is 53.7 Å². The maximum absolute atomic E-state index is 12.1. The molecule has 3 aromatic rings. The summed E-state index contributed by atoms with van der Waals surface area (Å²) in [5.74, 6) is -0.847. The number of benzene rings is 2. The van der Waals surface area contributed by atoms with Gasteiger partial charge in [0, 0.05) is 11.6 Å². The zero-order valence-electron chi connectivity index (χ0n) is 13.0. The summed E-state index contributed by atoms with van der Waals surface area (Å²) in [6.07, 6.45) is 1.50. The van der Waals surface area contributed by atoms with Gasteiger partial charge in [0.2, 0.25) is 10.0 Å². The number of phenolic OH excluding ortho intramolecular Hbond substituents is 2. The quantitative estimate of drug-likeness (QED) is 0.646. The van der Waals surface area contributed by atoms with E-state index in [9.17, 15) is 18.6 Å². The molecule has 130 valence electrons. The monoisotopic (exact) mass is 379 g/mol. The molecular weight excluding hydrogens is 366 g/mol. The van der Waals surface area contributed by atoms with Gasteiger partial charge >= 0.3 is 0 Å². The van der Waals surface area contributed by atoms with Crippen molar-refractivity contribution in [1.82, 2.24) is 14.5 Å². The fourth-order valence-corrected chi connectivity index (χ4v) is 3.45. The van der Waals surface area contributed by atoms with Crippen molar-refractivity contribution in [2.24, 2.45) is 0 Å². The van der Waals surface area contributed by atoms with Crippen LogP contribution in [0.25, 0.3) is 16.9 Å². The van der Waals surface area contributed by atoms with Crippen LogP contribution in [0, 0.1) is 0 Å². The Labute approximate surface area is 149 Å². The molecule has 3 N–H and O–H groups in total. The molecule has 0 bridgehead atoms. The third-order valence-electron chi connectivity index (χ3n) is 3.63. The summed E-state index contributed by atoms with van der Waals surface area (Å²) in [6.45, 7) is 0. The highest BCUT2D eigenvalue weighted by atomic mass is 35.5. The third-order valence-corrected chi connectivity index (χ3v) is 5.40. The van der Waals surface area contributed by atoms with Gasteiger partial charge in [0.25, 0.3) is 0 Å². The number of hydrogen-bond donors (Lipinski definition) is 3. The van der Waals surface area contributed by atoms with Crippen LogP contribution >= 0.6 is 11.6 Å². The highest BCUT2D eigenvalue weighted by Gasteiger charge is 2.22. The number of para-hydroxylation sites is 1. The van der Waals surface area contributed by atoms with E-state index >= 15 is 0 Å². The maximum Gasteiger partial charge on any atom is 0.244 e. The SMILES string of the molecule is CNS(=O)(=O)c1cc(-c2ccnn2-c2ccccc2Cl)c(O)cc1O. The Bertz CT molecular complexity index is 1050.